The quantitative estimate of drug-likeness (QED) is 0.431. The Labute approximate surface area is 220 Å². The summed E-state index contributed by atoms with van der Waals surface area (Å²) in [5, 5.41) is 9.90. The van der Waals surface area contributed by atoms with E-state index in [0.717, 1.165) is 0 Å². The first-order valence-electron chi connectivity index (χ1n) is 12.8. The van der Waals surface area contributed by atoms with E-state index in [1.54, 1.807) is 16.7 Å². The lowest BCUT2D eigenvalue weighted by molar-refractivity contribution is -0.164. The summed E-state index contributed by atoms with van der Waals surface area (Å²) in [6.07, 6.45) is 0.531. The Morgan fingerprint density at radius 2 is 1.19 bits per heavy atom. The van der Waals surface area contributed by atoms with E-state index < -0.39 is 28.7 Å². The topological polar surface area (TPSA) is 132 Å². The molecular formula is C26H46N2O9. The van der Waals surface area contributed by atoms with E-state index in [1.807, 2.05) is 41.5 Å². The Hall–Kier alpha value is -2.56. The molecule has 214 valence electrons. The van der Waals surface area contributed by atoms with Crippen LogP contribution < -0.4 is 0 Å². The van der Waals surface area contributed by atoms with Gasteiger partial charge in [0, 0.05) is 26.2 Å². The Morgan fingerprint density at radius 1 is 0.784 bits per heavy atom. The summed E-state index contributed by atoms with van der Waals surface area (Å²) in [4.78, 5) is 50.1. The third-order valence-electron chi connectivity index (χ3n) is 6.38. The van der Waals surface area contributed by atoms with Crippen molar-refractivity contribution >= 4 is 24.1 Å². The van der Waals surface area contributed by atoms with Crippen molar-refractivity contribution in [3.05, 3.63) is 0 Å². The maximum absolute atomic E-state index is 12.0. The van der Waals surface area contributed by atoms with E-state index >= 15 is 0 Å². The first kappa shape index (κ1) is 32.5. The van der Waals surface area contributed by atoms with Crippen molar-refractivity contribution < 1.29 is 43.2 Å². The summed E-state index contributed by atoms with van der Waals surface area (Å²) < 4.78 is 20.1. The summed E-state index contributed by atoms with van der Waals surface area (Å²) in [6, 6.07) is 0. The Bertz CT molecular complexity index is 783. The number of likely N-dealkylation sites (tertiary alicyclic amines) is 2. The molecular weight excluding hydrogens is 484 g/mol. The molecule has 0 aromatic rings. The number of methoxy groups -OCH3 is 2. The molecule has 11 heteroatoms. The molecule has 1 atom stereocenters. The van der Waals surface area contributed by atoms with Gasteiger partial charge in [-0.15, -0.1) is 0 Å². The average Bonchev–Trinajstić information content (AvgIpc) is 2.81. The minimum Gasteiger partial charge on any atom is -0.469 e. The molecule has 2 aliphatic heterocycles. The van der Waals surface area contributed by atoms with Gasteiger partial charge in [-0.05, 0) is 74.1 Å². The van der Waals surface area contributed by atoms with Crippen LogP contribution in [0.1, 0.15) is 74.1 Å². The molecule has 0 radical (unpaired) electrons. The van der Waals surface area contributed by atoms with Crippen LogP contribution in [0.2, 0.25) is 0 Å². The van der Waals surface area contributed by atoms with Gasteiger partial charge in [0.05, 0.1) is 31.7 Å². The highest BCUT2D eigenvalue weighted by Gasteiger charge is 2.47. The number of rotatable bonds is 3. The number of amides is 2. The number of ether oxygens (including phenoxy) is 4. The average molecular weight is 531 g/mol. The van der Waals surface area contributed by atoms with Gasteiger partial charge in [-0.3, -0.25) is 9.59 Å². The van der Waals surface area contributed by atoms with Gasteiger partial charge in [-0.1, -0.05) is 0 Å². The van der Waals surface area contributed by atoms with Gasteiger partial charge in [0.15, 0.2) is 0 Å². The van der Waals surface area contributed by atoms with Crippen LogP contribution in [0.4, 0.5) is 9.59 Å². The highest BCUT2D eigenvalue weighted by Crippen LogP contribution is 2.36. The monoisotopic (exact) mass is 530 g/mol. The van der Waals surface area contributed by atoms with Crippen LogP contribution in [-0.4, -0.2) is 96.7 Å². The summed E-state index contributed by atoms with van der Waals surface area (Å²) in [5.41, 5.74) is -1.94. The van der Waals surface area contributed by atoms with Crippen molar-refractivity contribution in [2.45, 2.75) is 91.5 Å². The molecule has 2 fully saturated rings. The molecule has 1 unspecified atom stereocenters. The SMILES string of the molecule is COC(=O)C1(C(C)O)CCN(C(=O)OC(C)(C)C)CC1.COC(=O)C1CCN(C(=O)OC(C)(C)C)CC1. The van der Waals surface area contributed by atoms with Crippen LogP contribution in [0.15, 0.2) is 0 Å². The number of nitrogens with zero attached hydrogens (tertiary/aromatic N) is 2. The molecule has 2 rings (SSSR count). The molecule has 1 N–H and O–H groups in total. The van der Waals surface area contributed by atoms with Crippen molar-refractivity contribution in [3.8, 4) is 0 Å². The Balaban J connectivity index is 0.000000375. The van der Waals surface area contributed by atoms with Gasteiger partial charge in [-0.2, -0.15) is 0 Å². The highest BCUT2D eigenvalue weighted by atomic mass is 16.6. The van der Waals surface area contributed by atoms with Gasteiger partial charge in [-0.25, -0.2) is 9.59 Å². The second-order valence-electron chi connectivity index (χ2n) is 11.6. The molecule has 2 heterocycles. The minimum atomic E-state index is -0.923. The molecule has 0 aromatic heterocycles. The fourth-order valence-corrected chi connectivity index (χ4v) is 4.20. The third kappa shape index (κ3) is 10.0. The first-order chi connectivity index (χ1) is 17.0. The van der Waals surface area contributed by atoms with Crippen molar-refractivity contribution in [2.24, 2.45) is 11.3 Å². The number of piperidine rings is 2. The van der Waals surface area contributed by atoms with Crippen molar-refractivity contribution in [3.63, 3.8) is 0 Å². The number of carbonyl (C=O) groups excluding carboxylic acids is 4. The van der Waals surface area contributed by atoms with Crippen molar-refractivity contribution in [2.75, 3.05) is 40.4 Å². The van der Waals surface area contributed by atoms with Gasteiger partial charge in [0.1, 0.15) is 11.2 Å². The predicted octanol–water partition coefficient (Wildman–Crippen LogP) is 3.36. The molecule has 0 aliphatic carbocycles. The molecule has 11 nitrogen and oxygen atoms in total. The number of aliphatic hydroxyl groups is 1. The van der Waals surface area contributed by atoms with E-state index in [1.165, 1.54) is 14.2 Å². The second kappa shape index (κ2) is 13.3. The number of hydrogen-bond acceptors (Lipinski definition) is 9. The zero-order valence-electron chi connectivity index (χ0n) is 23.9. The number of carbonyl (C=O) groups is 4. The summed E-state index contributed by atoms with van der Waals surface area (Å²) in [6.45, 7) is 14.4. The minimum absolute atomic E-state index is 0.0845. The number of hydrogen-bond donors (Lipinski definition) is 1. The predicted molar refractivity (Wildman–Crippen MR) is 136 cm³/mol. The Kier molecular flexibility index (Phi) is 11.7. The molecule has 0 aromatic carbocycles. The Morgan fingerprint density at radius 3 is 1.51 bits per heavy atom. The summed E-state index contributed by atoms with van der Waals surface area (Å²) in [5.74, 6) is -0.691. The maximum atomic E-state index is 12.0. The van der Waals surface area contributed by atoms with Gasteiger partial charge in [0.2, 0.25) is 0 Å². The van der Waals surface area contributed by atoms with Crippen LogP contribution >= 0.6 is 0 Å². The molecule has 37 heavy (non-hydrogen) atoms. The largest absolute Gasteiger partial charge is 0.469 e. The lowest BCUT2D eigenvalue weighted by Gasteiger charge is -2.41. The maximum Gasteiger partial charge on any atom is 0.410 e. The fourth-order valence-electron chi connectivity index (χ4n) is 4.20. The number of aliphatic hydroxyl groups excluding tert-OH is 1. The molecule has 0 bridgehead atoms. The van der Waals surface area contributed by atoms with Crippen LogP contribution in [-0.2, 0) is 28.5 Å². The van der Waals surface area contributed by atoms with Crippen LogP contribution in [0, 0.1) is 11.3 Å². The molecule has 0 spiro atoms. The van der Waals surface area contributed by atoms with E-state index in [4.69, 9.17) is 18.9 Å². The van der Waals surface area contributed by atoms with Crippen LogP contribution in [0.3, 0.4) is 0 Å². The van der Waals surface area contributed by atoms with Gasteiger partial charge >= 0.3 is 24.1 Å². The first-order valence-corrected chi connectivity index (χ1v) is 12.8. The van der Waals surface area contributed by atoms with Crippen molar-refractivity contribution in [1.82, 2.24) is 9.80 Å². The van der Waals surface area contributed by atoms with E-state index in [-0.39, 0.29) is 24.1 Å². The molecule has 2 aliphatic rings. The highest BCUT2D eigenvalue weighted by molar-refractivity contribution is 5.78. The van der Waals surface area contributed by atoms with E-state index in [0.29, 0.717) is 51.9 Å². The van der Waals surface area contributed by atoms with E-state index in [9.17, 15) is 24.3 Å². The van der Waals surface area contributed by atoms with Gasteiger partial charge in [0.25, 0.3) is 0 Å². The smallest absolute Gasteiger partial charge is 0.410 e. The number of esters is 2. The zero-order chi connectivity index (χ0) is 28.6. The molecule has 0 saturated carbocycles. The van der Waals surface area contributed by atoms with E-state index in [2.05, 4.69) is 0 Å². The van der Waals surface area contributed by atoms with Crippen molar-refractivity contribution in [1.29, 1.82) is 0 Å². The summed E-state index contributed by atoms with van der Waals surface area (Å²) >= 11 is 0. The second-order valence-corrected chi connectivity index (χ2v) is 11.6. The third-order valence-corrected chi connectivity index (χ3v) is 6.38. The normalized spacial score (nSPS) is 19.1. The van der Waals surface area contributed by atoms with Crippen LogP contribution in [0.25, 0.3) is 0 Å². The lowest BCUT2D eigenvalue weighted by Crippen LogP contribution is -2.52. The molecule has 2 amide bonds. The lowest BCUT2D eigenvalue weighted by atomic mass is 9.74. The summed E-state index contributed by atoms with van der Waals surface area (Å²) in [7, 11) is 2.70. The standard InChI is InChI=1S/C14H25NO5.C12H21NO4/c1-10(16)14(11(17)19-5)6-8-15(9-7-14)12(18)20-13(2,3)4;1-12(2,3)17-11(15)13-7-5-9(6-8-13)10(14)16-4/h10,16H,6-9H2,1-5H3;9H,5-8H2,1-4H3. The molecule has 2 saturated heterocycles. The zero-order valence-corrected chi connectivity index (χ0v) is 23.9. The van der Waals surface area contributed by atoms with Gasteiger partial charge < -0.3 is 33.9 Å². The fraction of sp³-hybridized carbons (Fsp3) is 0.846. The van der Waals surface area contributed by atoms with Crippen LogP contribution in [0.5, 0.6) is 0 Å².